The van der Waals surface area contributed by atoms with E-state index in [0.717, 1.165) is 38.5 Å². The van der Waals surface area contributed by atoms with Crippen LogP contribution < -0.4 is 0 Å². The second-order valence-corrected chi connectivity index (χ2v) is 20.0. The second-order valence-electron chi connectivity index (χ2n) is 20.0. The van der Waals surface area contributed by atoms with Gasteiger partial charge in [-0.3, -0.25) is 0 Å². The molecule has 62 heavy (non-hydrogen) atoms. The maximum atomic E-state index is 2.64. The SMILES string of the molecule is c1ccc2c(c1)-c1cc3c4c5c6c(ccc7c6c6c(ccc8c6c5c(c3cc1-c1ccccc1-c1cc3c5c6c9c(ccc%10c9c9c(ccc%11c9c6c(c3cc1-2)C%11)C%10)C5)C8)C7)C4. The Morgan fingerprint density at radius 1 is 0.194 bits per heavy atom. The number of hydrogen-bond donors (Lipinski definition) is 0. The molecule has 12 aromatic carbocycles. The van der Waals surface area contributed by atoms with Crippen LogP contribution in [0.25, 0.3) is 131 Å². The summed E-state index contributed by atoms with van der Waals surface area (Å²) in [4.78, 5) is 0. The molecule has 0 amide bonds. The van der Waals surface area contributed by atoms with Gasteiger partial charge in [-0.25, -0.2) is 0 Å². The fraction of sp³-hybridized carbons (Fsp3) is 0.0968. The summed E-state index contributed by atoms with van der Waals surface area (Å²) in [7, 11) is 0. The summed E-state index contributed by atoms with van der Waals surface area (Å²) in [5.74, 6) is 0. The van der Waals surface area contributed by atoms with Crippen molar-refractivity contribution in [2.45, 2.75) is 38.5 Å². The van der Waals surface area contributed by atoms with E-state index in [9.17, 15) is 0 Å². The lowest BCUT2D eigenvalue weighted by molar-refractivity contribution is 1.24. The van der Waals surface area contributed by atoms with Gasteiger partial charge in [0.15, 0.2) is 0 Å². The Morgan fingerprint density at radius 3 is 0.645 bits per heavy atom. The molecular weight excluding hydrogens is 745 g/mol. The van der Waals surface area contributed by atoms with E-state index in [1.165, 1.54) is 111 Å². The quantitative estimate of drug-likeness (QED) is 0.106. The predicted molar refractivity (Wildman–Crippen MR) is 259 cm³/mol. The van der Waals surface area contributed by atoms with Gasteiger partial charge in [0, 0.05) is 0 Å². The van der Waals surface area contributed by atoms with Crippen LogP contribution in [0.3, 0.4) is 0 Å². The highest BCUT2D eigenvalue weighted by atomic mass is 14.4. The maximum Gasteiger partial charge on any atom is -0.000682 e. The van der Waals surface area contributed by atoms with E-state index < -0.39 is 0 Å². The van der Waals surface area contributed by atoms with Gasteiger partial charge >= 0.3 is 0 Å². The Morgan fingerprint density at radius 2 is 0.403 bits per heavy atom. The second kappa shape index (κ2) is 9.30. The first kappa shape index (κ1) is 29.9. The Kier molecular flexibility index (Phi) is 4.48. The molecule has 7 aliphatic rings. The zero-order chi connectivity index (χ0) is 39.2. The van der Waals surface area contributed by atoms with Crippen molar-refractivity contribution in [3.05, 3.63) is 188 Å². The molecule has 0 atom stereocenters. The highest BCUT2D eigenvalue weighted by Crippen LogP contribution is 2.60. The fourth-order valence-corrected chi connectivity index (χ4v) is 15.4. The van der Waals surface area contributed by atoms with Crippen LogP contribution in [-0.4, -0.2) is 0 Å². The molecule has 0 N–H and O–H groups in total. The summed E-state index contributed by atoms with van der Waals surface area (Å²) in [6.45, 7) is 0. The van der Waals surface area contributed by atoms with Crippen molar-refractivity contribution >= 4 is 86.2 Å². The van der Waals surface area contributed by atoms with Crippen molar-refractivity contribution in [2.24, 2.45) is 0 Å². The van der Waals surface area contributed by atoms with E-state index in [0.29, 0.717) is 0 Å². The topological polar surface area (TPSA) is 0 Å². The van der Waals surface area contributed by atoms with Gasteiger partial charge < -0.3 is 0 Å². The van der Waals surface area contributed by atoms with Gasteiger partial charge in [-0.1, -0.05) is 97.1 Å². The molecule has 0 aliphatic heterocycles. The minimum absolute atomic E-state index is 1.01. The molecular formula is C62H32. The van der Waals surface area contributed by atoms with Crippen LogP contribution in [0.15, 0.2) is 121 Å². The van der Waals surface area contributed by atoms with Gasteiger partial charge in [-0.15, -0.1) is 0 Å². The van der Waals surface area contributed by atoms with Gasteiger partial charge in [-0.2, -0.15) is 0 Å². The van der Waals surface area contributed by atoms with E-state index in [1.807, 2.05) is 0 Å². The molecule has 0 saturated heterocycles. The van der Waals surface area contributed by atoms with Crippen molar-refractivity contribution in [2.75, 3.05) is 0 Å². The Labute approximate surface area is 355 Å². The number of hydrogen-bond acceptors (Lipinski definition) is 0. The van der Waals surface area contributed by atoms with Crippen LogP contribution in [0, 0.1) is 0 Å². The monoisotopic (exact) mass is 776 g/mol. The van der Waals surface area contributed by atoms with Crippen molar-refractivity contribution in [1.82, 2.24) is 0 Å². The molecule has 280 valence electrons. The molecule has 7 aliphatic carbocycles. The van der Waals surface area contributed by atoms with Crippen LogP contribution >= 0.6 is 0 Å². The fourth-order valence-electron chi connectivity index (χ4n) is 15.4. The van der Waals surface area contributed by atoms with E-state index in [2.05, 4.69) is 121 Å². The van der Waals surface area contributed by atoms with Crippen LogP contribution in [-0.2, 0) is 38.5 Å². The molecule has 0 radical (unpaired) electrons. The van der Waals surface area contributed by atoms with Gasteiger partial charge in [0.1, 0.15) is 0 Å². The van der Waals surface area contributed by atoms with E-state index in [1.54, 1.807) is 86.9 Å². The van der Waals surface area contributed by atoms with Crippen molar-refractivity contribution in [3.63, 3.8) is 0 Å². The normalized spacial score (nSPS) is 15.4. The Hall–Kier alpha value is -7.28. The molecule has 12 aromatic rings. The summed E-state index contributed by atoms with van der Waals surface area (Å²) in [5.41, 5.74) is 29.2. The van der Waals surface area contributed by atoms with Crippen molar-refractivity contribution in [3.8, 4) is 44.5 Å². The zero-order valence-electron chi connectivity index (χ0n) is 33.8. The summed E-state index contributed by atoms with van der Waals surface area (Å²) >= 11 is 0. The maximum absolute atomic E-state index is 2.64. The summed E-state index contributed by atoms with van der Waals surface area (Å²) in [6.07, 6.45) is 6.19. The molecule has 0 fully saturated rings. The molecule has 0 unspecified atom stereocenters. The van der Waals surface area contributed by atoms with Gasteiger partial charge in [-0.05, 0) is 260 Å². The van der Waals surface area contributed by atoms with Gasteiger partial charge in [0.25, 0.3) is 0 Å². The van der Waals surface area contributed by atoms with Crippen molar-refractivity contribution in [1.29, 1.82) is 0 Å². The minimum atomic E-state index is 1.01. The van der Waals surface area contributed by atoms with E-state index in [4.69, 9.17) is 0 Å². The van der Waals surface area contributed by atoms with E-state index >= 15 is 0 Å². The molecule has 0 heterocycles. The van der Waals surface area contributed by atoms with Crippen LogP contribution in [0.1, 0.15) is 66.8 Å². The lowest BCUT2D eigenvalue weighted by atomic mass is 9.77. The molecule has 0 aromatic heterocycles. The zero-order valence-corrected chi connectivity index (χ0v) is 33.8. The third kappa shape index (κ3) is 2.95. The van der Waals surface area contributed by atoms with Crippen LogP contribution in [0.4, 0.5) is 0 Å². The Bertz CT molecular complexity index is 3900. The third-order valence-corrected chi connectivity index (χ3v) is 17.6. The average Bonchev–Trinajstić information content (AvgIpc) is 4.16. The average molecular weight is 777 g/mol. The first-order valence-corrected chi connectivity index (χ1v) is 22.8. The molecule has 19 rings (SSSR count). The highest BCUT2D eigenvalue weighted by molar-refractivity contribution is 6.38. The van der Waals surface area contributed by atoms with Gasteiger partial charge in [0.2, 0.25) is 0 Å². The number of fused-ring (bicyclic) bond motifs is 14. The molecule has 0 saturated carbocycles. The van der Waals surface area contributed by atoms with Gasteiger partial charge in [0.05, 0.1) is 0 Å². The van der Waals surface area contributed by atoms with Crippen molar-refractivity contribution < 1.29 is 0 Å². The molecule has 0 heteroatoms. The molecule has 0 bridgehead atoms. The highest BCUT2D eigenvalue weighted by Gasteiger charge is 2.37. The van der Waals surface area contributed by atoms with Crippen LogP contribution in [0.2, 0.25) is 0 Å². The Balaban J connectivity index is 0.959. The lowest BCUT2D eigenvalue weighted by Crippen LogP contribution is -2.00. The molecule has 0 nitrogen and oxygen atoms in total. The standard InChI is InChI=1S/C62H32/c1-2-6-36-35(5-1)39-23-43-45(49-21-33-15-11-28-17-27-9-13-31-19-47(43)59-55(31)51(27)52(28)57(33)61(49)59)25-41(39)37-7-3-4-8-38(37)42-26-46-44(24-40(36)42)48-20-32-14-10-29-18-30-12-16-34-22-50(46)62-58(34)54(30)53(29)56(32)60(48)62/h1-16,23-26H,17-22H2. The first-order chi connectivity index (χ1) is 30.7. The minimum Gasteiger partial charge on any atom is -0.0616 e. The van der Waals surface area contributed by atoms with E-state index in [-0.39, 0.29) is 0 Å². The first-order valence-electron chi connectivity index (χ1n) is 22.8. The molecule has 0 spiro atoms. The number of benzene rings is 12. The smallest absolute Gasteiger partial charge is 0.000682 e. The summed E-state index contributed by atoms with van der Waals surface area (Å²) < 4.78 is 0. The number of rotatable bonds is 0. The van der Waals surface area contributed by atoms with Crippen LogP contribution in [0.5, 0.6) is 0 Å². The largest absolute Gasteiger partial charge is 0.0616 e. The third-order valence-electron chi connectivity index (χ3n) is 17.6. The summed E-state index contributed by atoms with van der Waals surface area (Å²) in [5, 5.41) is 24.6. The predicted octanol–water partition coefficient (Wildman–Crippen LogP) is 15.3. The lowest BCUT2D eigenvalue weighted by Gasteiger charge is -2.26. The summed E-state index contributed by atoms with van der Waals surface area (Å²) in [6, 6.07) is 49.0.